The first-order valence-corrected chi connectivity index (χ1v) is 3.98. The lowest BCUT2D eigenvalue weighted by molar-refractivity contribution is 0.569. The summed E-state index contributed by atoms with van der Waals surface area (Å²) in [6.07, 6.45) is 0. The first-order chi connectivity index (χ1) is 5.52. The first-order valence-electron chi connectivity index (χ1n) is 3.98. The molecule has 0 aliphatic heterocycles. The van der Waals surface area contributed by atoms with Crippen LogP contribution < -0.4 is 0 Å². The standard InChI is InChI=1S/C10H12F2/c1-6(2)8-5-9(11)7(3)4-10(8)12/h4-6H,1-3H3. The van der Waals surface area contributed by atoms with E-state index in [1.54, 1.807) is 6.92 Å². The number of hydrogen-bond donors (Lipinski definition) is 0. The zero-order valence-corrected chi connectivity index (χ0v) is 7.49. The molecule has 0 aliphatic carbocycles. The van der Waals surface area contributed by atoms with E-state index in [1.807, 2.05) is 13.8 Å². The van der Waals surface area contributed by atoms with Crippen molar-refractivity contribution in [3.05, 3.63) is 34.9 Å². The highest BCUT2D eigenvalue weighted by molar-refractivity contribution is 5.27. The molecule has 66 valence electrons. The number of benzene rings is 1. The lowest BCUT2D eigenvalue weighted by Crippen LogP contribution is -1.96. The molecule has 1 rings (SSSR count). The van der Waals surface area contributed by atoms with Crippen LogP contribution in [-0.2, 0) is 0 Å². The predicted octanol–water partition coefficient (Wildman–Crippen LogP) is 3.40. The molecule has 1 aromatic rings. The molecule has 0 radical (unpaired) electrons. The van der Waals surface area contributed by atoms with E-state index in [0.717, 1.165) is 0 Å². The van der Waals surface area contributed by atoms with E-state index in [0.29, 0.717) is 11.1 Å². The van der Waals surface area contributed by atoms with Crippen LogP contribution in [0.1, 0.15) is 30.9 Å². The molecule has 0 heterocycles. The van der Waals surface area contributed by atoms with Gasteiger partial charge in [0.05, 0.1) is 0 Å². The fourth-order valence-electron chi connectivity index (χ4n) is 1.10. The third kappa shape index (κ3) is 1.63. The zero-order chi connectivity index (χ0) is 9.30. The van der Waals surface area contributed by atoms with E-state index in [9.17, 15) is 8.78 Å². The van der Waals surface area contributed by atoms with Gasteiger partial charge in [-0.25, -0.2) is 8.78 Å². The van der Waals surface area contributed by atoms with Crippen LogP contribution in [0.4, 0.5) is 8.78 Å². The molecule has 0 N–H and O–H groups in total. The molecular formula is C10H12F2. The summed E-state index contributed by atoms with van der Waals surface area (Å²) in [7, 11) is 0. The predicted molar refractivity (Wildman–Crippen MR) is 45.2 cm³/mol. The van der Waals surface area contributed by atoms with E-state index in [1.165, 1.54) is 12.1 Å². The van der Waals surface area contributed by atoms with Gasteiger partial charge in [-0.2, -0.15) is 0 Å². The summed E-state index contributed by atoms with van der Waals surface area (Å²) in [6, 6.07) is 2.51. The largest absolute Gasteiger partial charge is 0.207 e. The van der Waals surface area contributed by atoms with Gasteiger partial charge in [-0.1, -0.05) is 13.8 Å². The molecule has 0 aliphatic rings. The minimum atomic E-state index is -0.333. The van der Waals surface area contributed by atoms with Gasteiger partial charge in [0.15, 0.2) is 0 Å². The molecule has 0 unspecified atom stereocenters. The maximum Gasteiger partial charge on any atom is 0.127 e. The fraction of sp³-hybridized carbons (Fsp3) is 0.400. The van der Waals surface area contributed by atoms with E-state index in [4.69, 9.17) is 0 Å². The van der Waals surface area contributed by atoms with Crippen LogP contribution >= 0.6 is 0 Å². The molecule has 0 amide bonds. The molecule has 0 bridgehead atoms. The second kappa shape index (κ2) is 3.21. The maximum absolute atomic E-state index is 13.1. The van der Waals surface area contributed by atoms with E-state index >= 15 is 0 Å². The van der Waals surface area contributed by atoms with Crippen LogP contribution in [0.3, 0.4) is 0 Å². The van der Waals surface area contributed by atoms with Crippen molar-refractivity contribution in [2.75, 3.05) is 0 Å². The molecule has 12 heavy (non-hydrogen) atoms. The minimum Gasteiger partial charge on any atom is -0.207 e. The zero-order valence-electron chi connectivity index (χ0n) is 7.49. The molecular weight excluding hydrogens is 158 g/mol. The Hall–Kier alpha value is -0.920. The molecule has 0 fully saturated rings. The maximum atomic E-state index is 13.1. The van der Waals surface area contributed by atoms with E-state index in [-0.39, 0.29) is 17.6 Å². The third-order valence-electron chi connectivity index (χ3n) is 1.90. The highest BCUT2D eigenvalue weighted by Gasteiger charge is 2.09. The number of hydrogen-bond acceptors (Lipinski definition) is 0. The molecule has 0 saturated heterocycles. The minimum absolute atomic E-state index is 0.0279. The van der Waals surface area contributed by atoms with Gasteiger partial charge in [0, 0.05) is 0 Å². The lowest BCUT2D eigenvalue weighted by Gasteiger charge is -2.07. The summed E-state index contributed by atoms with van der Waals surface area (Å²) in [5, 5.41) is 0. The van der Waals surface area contributed by atoms with Crippen LogP contribution in [0.15, 0.2) is 12.1 Å². The van der Waals surface area contributed by atoms with Crippen molar-refractivity contribution in [3.8, 4) is 0 Å². The summed E-state index contributed by atoms with van der Waals surface area (Å²) in [5.41, 5.74) is 0.801. The van der Waals surface area contributed by atoms with Gasteiger partial charge in [0.1, 0.15) is 11.6 Å². The quantitative estimate of drug-likeness (QED) is 0.606. The molecule has 2 heteroatoms. The van der Waals surface area contributed by atoms with Gasteiger partial charge >= 0.3 is 0 Å². The van der Waals surface area contributed by atoms with Crippen LogP contribution in [0.25, 0.3) is 0 Å². The molecule has 0 aromatic heterocycles. The second-order valence-corrected chi connectivity index (χ2v) is 3.28. The Kier molecular flexibility index (Phi) is 2.46. The van der Waals surface area contributed by atoms with Crippen molar-refractivity contribution in [2.45, 2.75) is 26.7 Å². The molecule has 0 nitrogen and oxygen atoms in total. The van der Waals surface area contributed by atoms with Gasteiger partial charge in [-0.3, -0.25) is 0 Å². The average molecular weight is 170 g/mol. The Balaban J connectivity index is 3.23. The summed E-state index contributed by atoms with van der Waals surface area (Å²) < 4.78 is 26.1. The third-order valence-corrected chi connectivity index (χ3v) is 1.90. The van der Waals surface area contributed by atoms with Crippen molar-refractivity contribution < 1.29 is 8.78 Å². The molecule has 1 aromatic carbocycles. The highest BCUT2D eigenvalue weighted by atomic mass is 19.1. The SMILES string of the molecule is Cc1cc(F)c(C(C)C)cc1F. The Morgan fingerprint density at radius 3 is 2.17 bits per heavy atom. The topological polar surface area (TPSA) is 0 Å². The summed E-state index contributed by atoms with van der Waals surface area (Å²) in [5.74, 6) is -0.621. The van der Waals surface area contributed by atoms with Crippen LogP contribution in [0.2, 0.25) is 0 Å². The number of rotatable bonds is 1. The van der Waals surface area contributed by atoms with E-state index in [2.05, 4.69) is 0 Å². The van der Waals surface area contributed by atoms with Crippen LogP contribution in [0, 0.1) is 18.6 Å². The van der Waals surface area contributed by atoms with Gasteiger partial charge in [-0.05, 0) is 36.1 Å². The van der Waals surface area contributed by atoms with Crippen molar-refractivity contribution in [1.29, 1.82) is 0 Å². The highest BCUT2D eigenvalue weighted by Crippen LogP contribution is 2.21. The van der Waals surface area contributed by atoms with Gasteiger partial charge in [0.25, 0.3) is 0 Å². The van der Waals surface area contributed by atoms with Crippen LogP contribution in [-0.4, -0.2) is 0 Å². The fourth-order valence-corrected chi connectivity index (χ4v) is 1.10. The van der Waals surface area contributed by atoms with Gasteiger partial charge in [0.2, 0.25) is 0 Å². The lowest BCUT2D eigenvalue weighted by atomic mass is 10.0. The normalized spacial score (nSPS) is 10.8. The second-order valence-electron chi connectivity index (χ2n) is 3.28. The average Bonchev–Trinajstić information content (AvgIpc) is 1.96. The van der Waals surface area contributed by atoms with Crippen molar-refractivity contribution >= 4 is 0 Å². The van der Waals surface area contributed by atoms with Crippen molar-refractivity contribution in [1.82, 2.24) is 0 Å². The summed E-state index contributed by atoms with van der Waals surface area (Å²) in [6.45, 7) is 5.24. The van der Waals surface area contributed by atoms with Gasteiger partial charge < -0.3 is 0 Å². The van der Waals surface area contributed by atoms with Crippen molar-refractivity contribution in [2.24, 2.45) is 0 Å². The monoisotopic (exact) mass is 170 g/mol. The Morgan fingerprint density at radius 1 is 1.08 bits per heavy atom. The Labute approximate surface area is 71.2 Å². The van der Waals surface area contributed by atoms with E-state index < -0.39 is 0 Å². The van der Waals surface area contributed by atoms with Crippen LogP contribution in [0.5, 0.6) is 0 Å². The van der Waals surface area contributed by atoms with Gasteiger partial charge in [-0.15, -0.1) is 0 Å². The summed E-state index contributed by atoms with van der Waals surface area (Å²) >= 11 is 0. The Bertz CT molecular complexity index is 290. The van der Waals surface area contributed by atoms with Crippen molar-refractivity contribution in [3.63, 3.8) is 0 Å². The molecule has 0 saturated carbocycles. The number of halogens is 2. The molecule has 0 spiro atoms. The molecule has 0 atom stereocenters. The smallest absolute Gasteiger partial charge is 0.127 e. The number of aryl methyl sites for hydroxylation is 1. The Morgan fingerprint density at radius 2 is 1.67 bits per heavy atom. The first kappa shape index (κ1) is 9.17. The summed E-state index contributed by atoms with van der Waals surface area (Å²) in [4.78, 5) is 0.